The largest absolute Gasteiger partial charge is 0.494 e. The smallest absolute Gasteiger partial charge is 0.271 e. The molecule has 0 spiro atoms. The van der Waals surface area contributed by atoms with Crippen LogP contribution >= 0.6 is 34.8 Å². The molecule has 0 aromatic heterocycles. The number of rotatable bonds is 9. The Hall–Kier alpha value is -2.93. The third-order valence-electron chi connectivity index (χ3n) is 4.43. The molecule has 0 saturated heterocycles. The molecule has 33 heavy (non-hydrogen) atoms. The molecule has 6 nitrogen and oxygen atoms in total. The number of ether oxygens (including phenoxy) is 3. The molecule has 9 heteroatoms. The van der Waals surface area contributed by atoms with Gasteiger partial charge in [-0.1, -0.05) is 40.9 Å². The lowest BCUT2D eigenvalue weighted by atomic mass is 10.2. The zero-order chi connectivity index (χ0) is 23.8. The highest BCUT2D eigenvalue weighted by Crippen LogP contribution is 2.37. The van der Waals surface area contributed by atoms with Gasteiger partial charge in [0.2, 0.25) is 0 Å². The van der Waals surface area contributed by atoms with E-state index in [9.17, 15) is 4.79 Å². The lowest BCUT2D eigenvalue weighted by molar-refractivity contribution is 0.0955. The lowest BCUT2D eigenvalue weighted by Crippen LogP contribution is -2.17. The summed E-state index contributed by atoms with van der Waals surface area (Å²) in [6.45, 7) is 2.67. The van der Waals surface area contributed by atoms with Crippen molar-refractivity contribution >= 4 is 46.9 Å². The van der Waals surface area contributed by atoms with E-state index in [4.69, 9.17) is 49.0 Å². The van der Waals surface area contributed by atoms with Crippen LogP contribution in [0.25, 0.3) is 0 Å². The predicted octanol–water partition coefficient (Wildman–Crippen LogP) is 6.40. The molecule has 3 rings (SSSR count). The molecule has 1 amide bonds. The van der Waals surface area contributed by atoms with Crippen molar-refractivity contribution in [2.24, 2.45) is 5.10 Å². The number of nitrogens with one attached hydrogen (secondary N) is 1. The molecule has 3 aromatic carbocycles. The van der Waals surface area contributed by atoms with Crippen LogP contribution in [-0.4, -0.2) is 25.8 Å². The van der Waals surface area contributed by atoms with E-state index in [2.05, 4.69) is 10.5 Å². The number of benzene rings is 3. The molecule has 0 radical (unpaired) electrons. The van der Waals surface area contributed by atoms with Gasteiger partial charge in [0.1, 0.15) is 12.4 Å². The van der Waals surface area contributed by atoms with Crippen LogP contribution in [0.5, 0.6) is 17.2 Å². The summed E-state index contributed by atoms with van der Waals surface area (Å²) in [7, 11) is 1.51. The molecule has 0 aliphatic heterocycles. The van der Waals surface area contributed by atoms with Gasteiger partial charge in [0.25, 0.3) is 5.91 Å². The van der Waals surface area contributed by atoms with Crippen molar-refractivity contribution < 1.29 is 19.0 Å². The number of hydrazone groups is 1. The van der Waals surface area contributed by atoms with Crippen LogP contribution in [-0.2, 0) is 6.61 Å². The summed E-state index contributed by atoms with van der Waals surface area (Å²) in [5.41, 5.74) is 4.37. The van der Waals surface area contributed by atoms with E-state index in [0.717, 1.165) is 5.56 Å². The summed E-state index contributed by atoms with van der Waals surface area (Å²) in [6.07, 6.45) is 1.46. The third-order valence-corrected chi connectivity index (χ3v) is 5.45. The van der Waals surface area contributed by atoms with Gasteiger partial charge in [0, 0.05) is 5.56 Å². The minimum atomic E-state index is -0.353. The number of carbonyl (C=O) groups is 1. The van der Waals surface area contributed by atoms with E-state index >= 15 is 0 Å². The van der Waals surface area contributed by atoms with E-state index in [1.807, 2.05) is 13.0 Å². The Balaban J connectivity index is 1.66. The van der Waals surface area contributed by atoms with Crippen molar-refractivity contribution in [3.8, 4) is 17.2 Å². The zero-order valence-electron chi connectivity index (χ0n) is 17.9. The molecular formula is C24H21Cl3N2O4. The number of methoxy groups -OCH3 is 1. The molecule has 0 unspecified atom stereocenters. The second kappa shape index (κ2) is 11.8. The number of hydrogen-bond donors (Lipinski definition) is 1. The number of carbonyl (C=O) groups excluding carboxylic acids is 1. The van der Waals surface area contributed by atoms with Crippen molar-refractivity contribution in [3.05, 3.63) is 86.4 Å². The first kappa shape index (κ1) is 24.7. The first-order chi connectivity index (χ1) is 15.9. The Morgan fingerprint density at radius 1 is 0.970 bits per heavy atom. The van der Waals surface area contributed by atoms with Gasteiger partial charge in [-0.2, -0.15) is 5.10 Å². The van der Waals surface area contributed by atoms with Gasteiger partial charge in [-0.05, 0) is 66.6 Å². The van der Waals surface area contributed by atoms with Gasteiger partial charge in [-0.15, -0.1) is 0 Å². The zero-order valence-corrected chi connectivity index (χ0v) is 20.2. The average Bonchev–Trinajstić information content (AvgIpc) is 2.81. The van der Waals surface area contributed by atoms with Crippen molar-refractivity contribution in [1.29, 1.82) is 0 Å². The topological polar surface area (TPSA) is 69.2 Å². The molecule has 3 aromatic rings. The summed E-state index contributed by atoms with van der Waals surface area (Å²) in [5, 5.41) is 5.23. The minimum absolute atomic E-state index is 0.221. The summed E-state index contributed by atoms with van der Waals surface area (Å²) in [5.74, 6) is 1.14. The van der Waals surface area contributed by atoms with Gasteiger partial charge >= 0.3 is 0 Å². The first-order valence-corrected chi connectivity index (χ1v) is 11.0. The molecule has 0 fully saturated rings. The Morgan fingerprint density at radius 2 is 1.73 bits per heavy atom. The normalized spacial score (nSPS) is 10.8. The first-order valence-electron chi connectivity index (χ1n) is 9.91. The van der Waals surface area contributed by atoms with Crippen LogP contribution < -0.4 is 19.6 Å². The second-order valence-electron chi connectivity index (χ2n) is 6.73. The van der Waals surface area contributed by atoms with Crippen LogP contribution in [0.3, 0.4) is 0 Å². The van der Waals surface area contributed by atoms with E-state index < -0.39 is 0 Å². The Labute approximate surface area is 207 Å². The van der Waals surface area contributed by atoms with E-state index in [1.54, 1.807) is 48.5 Å². The standard InChI is InChI=1S/C24H21Cl3N2O4/c1-3-32-18-7-5-17(6-8-18)24(30)29-28-13-16-11-21(27)23(22(12-16)31-2)33-14-15-4-9-19(25)20(26)10-15/h4-13H,3,14H2,1-2H3,(H,29,30)/b28-13+. The highest BCUT2D eigenvalue weighted by Gasteiger charge is 2.13. The highest BCUT2D eigenvalue weighted by atomic mass is 35.5. The van der Waals surface area contributed by atoms with Crippen molar-refractivity contribution in [2.75, 3.05) is 13.7 Å². The van der Waals surface area contributed by atoms with Crippen molar-refractivity contribution in [3.63, 3.8) is 0 Å². The van der Waals surface area contributed by atoms with Crippen molar-refractivity contribution in [1.82, 2.24) is 5.43 Å². The van der Waals surface area contributed by atoms with Crippen LogP contribution in [0, 0.1) is 0 Å². The van der Waals surface area contributed by atoms with Crippen LogP contribution in [0.1, 0.15) is 28.4 Å². The molecule has 0 aliphatic carbocycles. The number of amides is 1. The average molecular weight is 508 g/mol. The maximum Gasteiger partial charge on any atom is 0.271 e. The monoisotopic (exact) mass is 506 g/mol. The Bertz CT molecular complexity index is 1150. The maximum atomic E-state index is 12.3. The molecule has 0 heterocycles. The second-order valence-corrected chi connectivity index (χ2v) is 7.95. The highest BCUT2D eigenvalue weighted by molar-refractivity contribution is 6.42. The Morgan fingerprint density at radius 3 is 2.39 bits per heavy atom. The van der Waals surface area contributed by atoms with Gasteiger partial charge in [-0.25, -0.2) is 5.43 Å². The fourth-order valence-electron chi connectivity index (χ4n) is 2.84. The maximum absolute atomic E-state index is 12.3. The Kier molecular flexibility index (Phi) is 8.83. The summed E-state index contributed by atoms with van der Waals surface area (Å²) in [4.78, 5) is 12.3. The van der Waals surface area contributed by atoms with Crippen LogP contribution in [0.2, 0.25) is 15.1 Å². The number of halogens is 3. The van der Waals surface area contributed by atoms with E-state index in [1.165, 1.54) is 13.3 Å². The molecule has 0 saturated carbocycles. The fourth-order valence-corrected chi connectivity index (χ4v) is 3.43. The predicted molar refractivity (Wildman–Crippen MR) is 131 cm³/mol. The van der Waals surface area contributed by atoms with E-state index in [-0.39, 0.29) is 12.5 Å². The van der Waals surface area contributed by atoms with Gasteiger partial charge in [0.05, 0.1) is 35.0 Å². The minimum Gasteiger partial charge on any atom is -0.494 e. The molecule has 0 atom stereocenters. The summed E-state index contributed by atoms with van der Waals surface area (Å²) >= 11 is 18.4. The van der Waals surface area contributed by atoms with E-state index in [0.29, 0.717) is 50.1 Å². The van der Waals surface area contributed by atoms with Gasteiger partial charge in [0.15, 0.2) is 11.5 Å². The van der Waals surface area contributed by atoms with Crippen molar-refractivity contribution in [2.45, 2.75) is 13.5 Å². The number of hydrogen-bond acceptors (Lipinski definition) is 5. The number of nitrogens with zero attached hydrogens (tertiary/aromatic N) is 1. The SMILES string of the molecule is CCOc1ccc(C(=O)N/N=C/c2cc(Cl)c(OCc3ccc(Cl)c(Cl)c3)c(OC)c2)cc1. The quantitative estimate of drug-likeness (QED) is 0.269. The van der Waals surface area contributed by atoms with Crippen LogP contribution in [0.4, 0.5) is 0 Å². The molecule has 0 bridgehead atoms. The molecule has 172 valence electrons. The molecule has 1 N–H and O–H groups in total. The molecular weight excluding hydrogens is 487 g/mol. The van der Waals surface area contributed by atoms with Crippen LogP contribution in [0.15, 0.2) is 59.7 Å². The molecule has 0 aliphatic rings. The summed E-state index contributed by atoms with van der Waals surface area (Å²) < 4.78 is 16.6. The third kappa shape index (κ3) is 6.78. The summed E-state index contributed by atoms with van der Waals surface area (Å²) in [6, 6.07) is 15.4. The van der Waals surface area contributed by atoms with Gasteiger partial charge in [-0.3, -0.25) is 4.79 Å². The fraction of sp³-hybridized carbons (Fsp3) is 0.167. The lowest BCUT2D eigenvalue weighted by Gasteiger charge is -2.13. The van der Waals surface area contributed by atoms with Gasteiger partial charge < -0.3 is 14.2 Å².